The van der Waals surface area contributed by atoms with E-state index in [4.69, 9.17) is 0 Å². The molecule has 8 heteroatoms. The Morgan fingerprint density at radius 2 is 1.85 bits per heavy atom. The molecule has 0 aliphatic carbocycles. The van der Waals surface area contributed by atoms with Gasteiger partial charge in [-0.25, -0.2) is 15.0 Å². The van der Waals surface area contributed by atoms with Crippen molar-refractivity contribution in [3.05, 3.63) is 36.4 Å². The van der Waals surface area contributed by atoms with Gasteiger partial charge in [-0.3, -0.25) is 0 Å². The van der Waals surface area contributed by atoms with Crippen LogP contribution in [-0.4, -0.2) is 21.3 Å². The molecule has 1 atom stereocenters. The van der Waals surface area contributed by atoms with Crippen LogP contribution in [0.3, 0.4) is 0 Å². The molecule has 0 spiro atoms. The number of aromatic nitrogens is 3. The van der Waals surface area contributed by atoms with Gasteiger partial charge in [-0.1, -0.05) is 39.5 Å². The van der Waals surface area contributed by atoms with Crippen molar-refractivity contribution in [3.63, 3.8) is 0 Å². The zero-order chi connectivity index (χ0) is 19.0. The van der Waals surface area contributed by atoms with Crippen molar-refractivity contribution in [1.29, 1.82) is 0 Å². The third-order valence-corrected chi connectivity index (χ3v) is 3.83. The summed E-state index contributed by atoms with van der Waals surface area (Å²) in [6.45, 7) is 4.24. The van der Waals surface area contributed by atoms with E-state index in [-0.39, 0.29) is 17.5 Å². The Kier molecular flexibility index (Phi) is 7.17. The second kappa shape index (κ2) is 9.35. The van der Waals surface area contributed by atoms with Gasteiger partial charge in [0.2, 0.25) is 0 Å². The highest BCUT2D eigenvalue weighted by molar-refractivity contribution is 5.53. The number of nitrogens with one attached hydrogen (secondary N) is 1. The third kappa shape index (κ3) is 6.85. The van der Waals surface area contributed by atoms with Gasteiger partial charge in [0.25, 0.3) is 0 Å². The summed E-state index contributed by atoms with van der Waals surface area (Å²) < 4.78 is 40.8. The smallest absolute Gasteiger partial charge is 0.406 e. The Morgan fingerprint density at radius 3 is 2.58 bits per heavy atom. The Hall–Kier alpha value is -2.38. The highest BCUT2D eigenvalue weighted by Crippen LogP contribution is 2.25. The molecule has 2 heterocycles. The molecule has 0 aliphatic rings. The van der Waals surface area contributed by atoms with E-state index in [9.17, 15) is 13.2 Å². The first-order valence-electron chi connectivity index (χ1n) is 8.69. The molecule has 0 saturated carbocycles. The van der Waals surface area contributed by atoms with E-state index >= 15 is 0 Å². The van der Waals surface area contributed by atoms with Crippen LogP contribution in [0, 0.1) is 0 Å². The molecule has 0 fully saturated rings. The largest absolute Gasteiger partial charge is 0.573 e. The minimum absolute atomic E-state index is 0.210. The fraction of sp³-hybridized carbons (Fsp3) is 0.500. The summed E-state index contributed by atoms with van der Waals surface area (Å²) in [5, 5.41) is 2.89. The first kappa shape index (κ1) is 19.9. The minimum Gasteiger partial charge on any atom is -0.406 e. The molecule has 2 aromatic rings. The van der Waals surface area contributed by atoms with Crippen molar-refractivity contribution in [3.8, 4) is 5.75 Å². The van der Waals surface area contributed by atoms with Crippen LogP contribution in [-0.2, 0) is 0 Å². The number of hydrogen-bond acceptors (Lipinski definition) is 5. The first-order valence-corrected chi connectivity index (χ1v) is 8.69. The van der Waals surface area contributed by atoms with Crippen molar-refractivity contribution in [1.82, 2.24) is 15.0 Å². The summed E-state index contributed by atoms with van der Waals surface area (Å²) in [5.74, 6) is 1.27. The van der Waals surface area contributed by atoms with Crippen molar-refractivity contribution in [2.24, 2.45) is 0 Å². The van der Waals surface area contributed by atoms with Gasteiger partial charge in [0.15, 0.2) is 0 Å². The Labute approximate surface area is 151 Å². The molecule has 0 radical (unpaired) electrons. The Balaban J connectivity index is 2.01. The van der Waals surface area contributed by atoms with Crippen LogP contribution in [0.1, 0.15) is 57.7 Å². The average Bonchev–Trinajstić information content (AvgIpc) is 2.57. The molecule has 0 aromatic carbocycles. The van der Waals surface area contributed by atoms with Crippen LogP contribution < -0.4 is 10.1 Å². The second-order valence-corrected chi connectivity index (χ2v) is 6.10. The molecular weight excluding hydrogens is 345 g/mol. The first-order chi connectivity index (χ1) is 12.4. The fourth-order valence-electron chi connectivity index (χ4n) is 2.50. The Morgan fingerprint density at radius 1 is 1.08 bits per heavy atom. The highest BCUT2D eigenvalue weighted by atomic mass is 19.4. The molecule has 0 saturated heterocycles. The van der Waals surface area contributed by atoms with Gasteiger partial charge < -0.3 is 10.1 Å². The third-order valence-electron chi connectivity index (χ3n) is 3.83. The molecule has 142 valence electrons. The average molecular weight is 368 g/mol. The maximum absolute atomic E-state index is 12.3. The molecule has 1 N–H and O–H groups in total. The van der Waals surface area contributed by atoms with E-state index in [1.54, 1.807) is 12.3 Å². The zero-order valence-electron chi connectivity index (χ0n) is 14.9. The molecule has 0 amide bonds. The molecule has 0 aliphatic heterocycles. The summed E-state index contributed by atoms with van der Waals surface area (Å²) >= 11 is 0. The second-order valence-electron chi connectivity index (χ2n) is 6.10. The summed E-state index contributed by atoms with van der Waals surface area (Å²) in [6, 6.07) is 3.96. The van der Waals surface area contributed by atoms with Crippen LogP contribution in [0.4, 0.5) is 24.8 Å². The van der Waals surface area contributed by atoms with E-state index < -0.39 is 6.36 Å². The Bertz CT molecular complexity index is 694. The molecular formula is C18H23F3N4O. The highest BCUT2D eigenvalue weighted by Gasteiger charge is 2.31. The predicted octanol–water partition coefficient (Wildman–Crippen LogP) is 5.59. The van der Waals surface area contributed by atoms with Gasteiger partial charge in [0.1, 0.15) is 23.2 Å². The summed E-state index contributed by atoms with van der Waals surface area (Å²) in [7, 11) is 0. The van der Waals surface area contributed by atoms with Gasteiger partial charge in [-0.2, -0.15) is 0 Å². The number of unbranched alkanes of at least 4 members (excludes halogenated alkanes) is 3. The summed E-state index contributed by atoms with van der Waals surface area (Å²) in [6.07, 6.45) is 3.84. The number of hydrogen-bond donors (Lipinski definition) is 1. The fourth-order valence-corrected chi connectivity index (χ4v) is 2.50. The van der Waals surface area contributed by atoms with Gasteiger partial charge in [-0.15, -0.1) is 13.2 Å². The van der Waals surface area contributed by atoms with E-state index in [1.165, 1.54) is 31.5 Å². The molecule has 2 aromatic heterocycles. The van der Waals surface area contributed by atoms with Gasteiger partial charge in [0.05, 0.1) is 0 Å². The minimum atomic E-state index is -4.74. The van der Waals surface area contributed by atoms with Crippen LogP contribution in [0.2, 0.25) is 0 Å². The molecule has 26 heavy (non-hydrogen) atoms. The topological polar surface area (TPSA) is 59.9 Å². The van der Waals surface area contributed by atoms with Gasteiger partial charge in [-0.05, 0) is 18.6 Å². The van der Waals surface area contributed by atoms with Crippen molar-refractivity contribution >= 4 is 11.6 Å². The van der Waals surface area contributed by atoms with E-state index in [2.05, 4.69) is 38.9 Å². The molecule has 0 bridgehead atoms. The number of pyridine rings is 1. The monoisotopic (exact) mass is 368 g/mol. The molecule has 5 nitrogen and oxygen atoms in total. The van der Waals surface area contributed by atoms with E-state index in [1.807, 2.05) is 0 Å². The lowest BCUT2D eigenvalue weighted by Crippen LogP contribution is -2.17. The number of halogens is 3. The van der Waals surface area contributed by atoms with Crippen LogP contribution in [0.25, 0.3) is 0 Å². The normalized spacial score (nSPS) is 12.7. The van der Waals surface area contributed by atoms with Crippen LogP contribution >= 0.6 is 0 Å². The van der Waals surface area contributed by atoms with Crippen LogP contribution in [0.5, 0.6) is 5.75 Å². The number of rotatable bonds is 9. The maximum Gasteiger partial charge on any atom is 0.573 e. The van der Waals surface area contributed by atoms with Gasteiger partial charge >= 0.3 is 6.36 Å². The number of alkyl halides is 3. The number of nitrogens with zero attached hydrogens (tertiary/aromatic N) is 3. The summed E-state index contributed by atoms with van der Waals surface area (Å²) in [5.41, 5.74) is 0. The van der Waals surface area contributed by atoms with Gasteiger partial charge in [0, 0.05) is 24.4 Å². The SMILES string of the molecule is CCCCCCC(C)c1nccc(Nc2cc(OC(F)(F)F)ccn2)n1. The van der Waals surface area contributed by atoms with Crippen LogP contribution in [0.15, 0.2) is 30.6 Å². The quantitative estimate of drug-likeness (QED) is 0.585. The summed E-state index contributed by atoms with van der Waals surface area (Å²) in [4.78, 5) is 12.7. The maximum atomic E-state index is 12.3. The number of ether oxygens (including phenoxy) is 1. The lowest BCUT2D eigenvalue weighted by atomic mass is 10.0. The van der Waals surface area contributed by atoms with Crippen molar-refractivity contribution in [2.45, 2.75) is 58.2 Å². The van der Waals surface area contributed by atoms with E-state index in [0.717, 1.165) is 18.9 Å². The molecule has 2 rings (SSSR count). The lowest BCUT2D eigenvalue weighted by Gasteiger charge is -2.12. The van der Waals surface area contributed by atoms with Crippen molar-refractivity contribution < 1.29 is 17.9 Å². The number of anilines is 2. The zero-order valence-corrected chi connectivity index (χ0v) is 14.9. The van der Waals surface area contributed by atoms with Crippen molar-refractivity contribution in [2.75, 3.05) is 5.32 Å². The lowest BCUT2D eigenvalue weighted by molar-refractivity contribution is -0.274. The standard InChI is InChI=1S/C18H23F3N4O/c1-3-4-5-6-7-13(2)17-23-11-9-15(25-17)24-16-12-14(8-10-22-16)26-18(19,20)21/h8-13H,3-7H2,1-2H3,(H,22,23,24,25). The predicted molar refractivity (Wildman–Crippen MR) is 93.4 cm³/mol. The van der Waals surface area contributed by atoms with E-state index in [0.29, 0.717) is 11.6 Å². The molecule has 1 unspecified atom stereocenters.